The Balaban J connectivity index is 0.000000754. The number of hydrogen-bond donors (Lipinski definition) is 10. The van der Waals surface area contributed by atoms with Gasteiger partial charge in [0.05, 0.1) is 125 Å². The van der Waals surface area contributed by atoms with Crippen LogP contribution in [0.3, 0.4) is 0 Å². The number of fused-ring (bicyclic) bond motifs is 1. The summed E-state index contributed by atoms with van der Waals surface area (Å²) >= 11 is 3.29. The second-order valence-electron chi connectivity index (χ2n) is 41.9. The zero-order chi connectivity index (χ0) is 102. The standard InChI is InChI=1S/C16H30N2O5.C15H28N2O5.2C10H20N2O3.C9H16BrNO3.C9H15NO3.C9H15NO2.C6H14N2O.C4H6O5/c1-15(2,3)22-13(19)17(7)11-9-18(10-12(11)21-8)14(20)23-16(4,5)6;1-14(2,3)21-12(19)16(7)10-8-17(9-11(10)18)13(20)22-15(4,5)6;2*1-10(2,3)15-9(14)12-5-7(11-4)8(13)6-12;1-9(2,3)14-8(13)11-4-6(10)7(12)5-11;1-9(2,3)13-8(11)10-4-6-7(5-10)12-6;1-9(2,3)12-8(11)10-6-4-5-7-10;1-7-5-3-8-4-6(5)9-2;5-2(4(8)9)1-3(6)7/h11-12H,9-10H2,1-8H3;10-11,18H,8-9H2,1-7H3;2*7-8,11,13H,5-6H2,1-4H3;6-7,12H,4-5H2,1-3H3;6-7H,4-5H2,1-3H3;4-5H,6-7H2,1-3H3;5-8H,3-4H2,1-2H3;2,5H,1H2,(H,6,7)(H,8,9)/t11-,12-;10-,11-;2*7-,8-;6-,7-;;;5-,6-;2-/m00000..00/s1. The van der Waals surface area contributed by atoms with Crippen LogP contribution in [0.5, 0.6) is 0 Å². The molecule has 0 spiro atoms. The molecule has 0 aliphatic carbocycles. The average Bonchev–Trinajstić information content (AvgIpc) is 1.63. The first-order chi connectivity index (χ1) is 60.0. The number of carbonyl (C=O) groups is 11. The summed E-state index contributed by atoms with van der Waals surface area (Å²) in [6, 6.07) is -0.283. The molecule has 0 aromatic rings. The smallest absolute Gasteiger partial charge is 0.410 e. The van der Waals surface area contributed by atoms with Gasteiger partial charge in [-0.05, 0) is 201 Å². The van der Waals surface area contributed by atoms with Crippen molar-refractivity contribution in [2.75, 3.05) is 154 Å². The van der Waals surface area contributed by atoms with E-state index >= 15 is 0 Å². The topological polar surface area (TPSA) is 528 Å². The lowest BCUT2D eigenvalue weighted by Gasteiger charge is -2.30. The molecule has 132 heavy (non-hydrogen) atoms. The summed E-state index contributed by atoms with van der Waals surface area (Å²) in [6.07, 6.45) is -3.81. The second kappa shape index (κ2) is 53.0. The number of nitrogens with zero attached hydrogens (tertiary/aromatic N) is 9. The van der Waals surface area contributed by atoms with Crippen LogP contribution in [0.15, 0.2) is 12.2 Å². The third-order valence-electron chi connectivity index (χ3n) is 19.1. The number of β-amino-alcohol motifs (C(OH)–C–C–N with tert-alkyl or cyclic N) is 4. The number of quaternary nitrogens is 1. The number of morpholine rings is 1. The number of likely N-dealkylation sites (N-methyl/N-ethyl adjacent to an activating group) is 5. The predicted octanol–water partition coefficient (Wildman–Crippen LogP) is 4.59. The number of aliphatic hydroxyl groups excluding tert-OH is 5. The molecular formula is C88H164BrN13O30. The van der Waals surface area contributed by atoms with Crippen LogP contribution < -0.4 is 26.4 Å². The third-order valence-corrected chi connectivity index (χ3v) is 20.0. The number of halogens is 1. The molecule has 2 unspecified atom stereocenters. The van der Waals surface area contributed by atoms with Crippen molar-refractivity contribution in [2.24, 2.45) is 0 Å². The highest BCUT2D eigenvalue weighted by atomic mass is 79.9. The first-order valence-electron chi connectivity index (χ1n) is 44.4. The van der Waals surface area contributed by atoms with E-state index in [1.165, 1.54) is 24.5 Å². The maximum absolute atomic E-state index is 12.2. The number of rotatable bonds is 10. The summed E-state index contributed by atoms with van der Waals surface area (Å²) < 4.78 is 63.2. The first kappa shape index (κ1) is 122. The van der Waals surface area contributed by atoms with Gasteiger partial charge in [-0.3, -0.25) is 9.69 Å². The van der Waals surface area contributed by atoms with E-state index in [4.69, 9.17) is 67.1 Å². The van der Waals surface area contributed by atoms with Crippen LogP contribution >= 0.6 is 15.9 Å². The molecule has 9 amide bonds. The number of aliphatic hydroxyl groups is 5. The molecule has 0 aromatic heterocycles. The molecule has 0 bridgehead atoms. The van der Waals surface area contributed by atoms with E-state index in [1.807, 2.05) is 177 Å². The van der Waals surface area contributed by atoms with E-state index in [1.54, 1.807) is 96.5 Å². The van der Waals surface area contributed by atoms with Crippen LogP contribution in [0.2, 0.25) is 0 Å². The van der Waals surface area contributed by atoms with Crippen molar-refractivity contribution in [3.8, 4) is 0 Å². The van der Waals surface area contributed by atoms with E-state index in [2.05, 4.69) is 31.9 Å². The van der Waals surface area contributed by atoms with E-state index < -0.39 is 124 Å². The van der Waals surface area contributed by atoms with E-state index in [0.717, 1.165) is 13.1 Å². The van der Waals surface area contributed by atoms with E-state index in [-0.39, 0.29) is 90.4 Å². The molecule has 11 N–H and O–H groups in total. The van der Waals surface area contributed by atoms with Gasteiger partial charge in [0.1, 0.15) is 80.9 Å². The van der Waals surface area contributed by atoms with Crippen LogP contribution in [0.25, 0.3) is 0 Å². The molecular weight excluding hydrogens is 1800 g/mol. The van der Waals surface area contributed by atoms with Gasteiger partial charge in [0.15, 0.2) is 0 Å². The second-order valence-corrected chi connectivity index (χ2v) is 43.1. The minimum Gasteiger partial charge on any atom is -0.547 e. The number of methoxy groups -OCH3 is 2. The molecule has 43 nitrogen and oxygen atoms in total. The van der Waals surface area contributed by atoms with Crippen molar-refractivity contribution in [2.45, 2.75) is 334 Å². The van der Waals surface area contributed by atoms with Crippen molar-refractivity contribution in [3.63, 3.8) is 0 Å². The molecule has 0 aromatic carbocycles. The van der Waals surface area contributed by atoms with Crippen molar-refractivity contribution in [1.82, 2.24) is 60.0 Å². The molecule has 8 fully saturated rings. The maximum Gasteiger partial charge on any atom is 0.410 e. The molecule has 9 aliphatic heterocycles. The number of likely N-dealkylation sites (tertiary alicyclic amines) is 6. The van der Waals surface area contributed by atoms with Gasteiger partial charge in [0.25, 0.3) is 0 Å². The molecule has 8 saturated heterocycles. The number of amides is 9. The van der Waals surface area contributed by atoms with Crippen LogP contribution in [-0.2, 0) is 66.4 Å². The van der Waals surface area contributed by atoms with Gasteiger partial charge >= 0.3 is 60.8 Å². The number of nitrogens with one attached hydrogen (secondary N) is 3. The summed E-state index contributed by atoms with van der Waals surface area (Å²) in [7, 11) is 12.2. The Morgan fingerprint density at radius 2 is 0.735 bits per heavy atom. The third kappa shape index (κ3) is 49.6. The molecule has 0 radical (unpaired) electrons. The Labute approximate surface area is 789 Å². The van der Waals surface area contributed by atoms with Crippen LogP contribution in [0.1, 0.15) is 193 Å². The minimum atomic E-state index is -1.90. The molecule has 9 aliphatic rings. The Kier molecular flexibility index (Phi) is 49.0. The molecule has 44 heteroatoms. The van der Waals surface area contributed by atoms with Crippen molar-refractivity contribution in [3.05, 3.63) is 12.2 Å². The van der Waals surface area contributed by atoms with Gasteiger partial charge < -0.3 is 158 Å². The fraction of sp³-hybridized carbons (Fsp3) is 0.852. The number of carboxylic acid groups (broad SMARTS) is 2. The highest BCUT2D eigenvalue weighted by Crippen LogP contribution is 2.32. The quantitative estimate of drug-likeness (QED) is 0.0618. The number of hydrogen-bond acceptors (Lipinski definition) is 32. The first-order valence-corrected chi connectivity index (χ1v) is 45.3. The molecule has 15 atom stereocenters. The summed E-state index contributed by atoms with van der Waals surface area (Å²) in [4.78, 5) is 139. The van der Waals surface area contributed by atoms with Gasteiger partial charge in [0.2, 0.25) is 0 Å². The van der Waals surface area contributed by atoms with Gasteiger partial charge in [-0.2, -0.15) is 0 Å². The SMILES string of the molecule is CC(C)(C)OC(=O)N1CC2OC2C1.CC(C)(C)OC(=O)N1CC=CC1.CC(C)(C)OC(=O)N1C[C@H](O)[C@@H](Br)C1.CN(C(=O)OC(C)(C)C)[C@H]1CN(C(=O)OC(C)(C)C)C[C@@H]1O.CN[C@H]1CN(C(=O)OC(C)(C)C)C[C@@H]1O.CN[C@H]1CNC[C@@H]1OC.CO[C@H]1CN(C(=O)OC(C)(C)C)C[C@@H]1N(C)C(=O)OC(C)(C)C.C[NH2+][C@H]1CN(C(=O)OC(C)(C)C)C[C@@H]1O.O=C(O)C[C@H](O)C(=O)[O-]. The van der Waals surface area contributed by atoms with Crippen molar-refractivity contribution < 1.29 is 151 Å². The van der Waals surface area contributed by atoms with Crippen molar-refractivity contribution in [1.29, 1.82) is 0 Å². The fourth-order valence-corrected chi connectivity index (χ4v) is 13.2. The Hall–Kier alpha value is -7.89. The zero-order valence-electron chi connectivity index (χ0n) is 84.8. The Morgan fingerprint density at radius 3 is 1.04 bits per heavy atom. The summed E-state index contributed by atoms with van der Waals surface area (Å²) in [5.41, 5.74) is -4.57. The Morgan fingerprint density at radius 1 is 0.424 bits per heavy atom. The van der Waals surface area contributed by atoms with Gasteiger partial charge in [0, 0.05) is 86.7 Å². The summed E-state index contributed by atoms with van der Waals surface area (Å²) in [5.74, 6) is -3.14. The van der Waals surface area contributed by atoms with Crippen LogP contribution in [0.4, 0.5) is 43.2 Å². The lowest BCUT2D eigenvalue weighted by atomic mass is 10.2. The number of carboxylic acids is 2. The number of aliphatic carboxylic acids is 2. The van der Waals surface area contributed by atoms with Gasteiger partial charge in [-0.25, -0.2) is 43.2 Å². The number of ether oxygens (including phenoxy) is 12. The Bertz CT molecular complexity index is 3550. The van der Waals surface area contributed by atoms with E-state index in [9.17, 15) is 78.3 Å². The highest BCUT2D eigenvalue weighted by Gasteiger charge is 2.50. The lowest BCUT2D eigenvalue weighted by Crippen LogP contribution is -2.89. The fourth-order valence-electron chi connectivity index (χ4n) is 12.7. The minimum absolute atomic E-state index is 0.0463. The zero-order valence-corrected chi connectivity index (χ0v) is 86.4. The predicted molar refractivity (Wildman–Crippen MR) is 490 cm³/mol. The largest absolute Gasteiger partial charge is 0.547 e. The molecule has 9 heterocycles. The van der Waals surface area contributed by atoms with Crippen LogP contribution in [0, 0.1) is 0 Å². The van der Waals surface area contributed by atoms with Gasteiger partial charge in [-0.15, -0.1) is 0 Å². The van der Waals surface area contributed by atoms with Gasteiger partial charge in [-0.1, -0.05) is 28.1 Å². The number of carbonyl (C=O) groups excluding carboxylic acids is 10. The number of epoxide rings is 1. The number of alkyl halides is 1. The molecule has 0 saturated carbocycles. The monoisotopic (exact) mass is 1960 g/mol. The number of nitrogens with two attached hydrogens (primary N) is 1. The lowest BCUT2D eigenvalue weighted by molar-refractivity contribution is -0.666. The highest BCUT2D eigenvalue weighted by molar-refractivity contribution is 9.09. The summed E-state index contributed by atoms with van der Waals surface area (Å²) in [6.45, 7) is 57.6. The normalized spacial score (nSPS) is 24.5. The summed E-state index contributed by atoms with van der Waals surface area (Å²) in [5, 5.41) is 75.8. The maximum atomic E-state index is 12.2. The molecule has 9 rings (SSSR count). The van der Waals surface area contributed by atoms with Crippen LogP contribution in [-0.4, -0.2) is 436 Å². The van der Waals surface area contributed by atoms with E-state index in [0.29, 0.717) is 90.7 Å². The molecule has 768 valence electrons. The average molecular weight is 1960 g/mol. The van der Waals surface area contributed by atoms with Crippen molar-refractivity contribution >= 4 is 82.7 Å².